The molecule has 0 aliphatic carbocycles. The molecule has 0 saturated heterocycles. The average Bonchev–Trinajstić information content (AvgIpc) is 2.71. The van der Waals surface area contributed by atoms with Crippen molar-refractivity contribution < 1.29 is 9.34 Å². The summed E-state index contributed by atoms with van der Waals surface area (Å²) in [7, 11) is 0. The maximum atomic E-state index is 11.3. The van der Waals surface area contributed by atoms with E-state index in [1.807, 2.05) is 0 Å². The highest BCUT2D eigenvalue weighted by atomic mass is 79.9. The van der Waals surface area contributed by atoms with Crippen LogP contribution >= 0.6 is 15.9 Å². The van der Waals surface area contributed by atoms with Crippen molar-refractivity contribution in [2.24, 2.45) is 0 Å². The molecular weight excluding hydrogens is 322 g/mol. The summed E-state index contributed by atoms with van der Waals surface area (Å²) in [5.41, 5.74) is -2.82. The van der Waals surface area contributed by atoms with Crippen molar-refractivity contribution in [1.29, 1.82) is 0 Å². The van der Waals surface area contributed by atoms with Crippen LogP contribution in [-0.2, 0) is 0 Å². The zero-order valence-corrected chi connectivity index (χ0v) is 10.8. The summed E-state index contributed by atoms with van der Waals surface area (Å²) in [6.45, 7) is 0. The van der Waals surface area contributed by atoms with Gasteiger partial charge >= 0.3 is 16.9 Å². The zero-order chi connectivity index (χ0) is 14.0. The summed E-state index contributed by atoms with van der Waals surface area (Å²) in [6.07, 6.45) is 2.61. The third-order valence-corrected chi connectivity index (χ3v) is 2.56. The molecule has 0 fully saturated rings. The van der Waals surface area contributed by atoms with E-state index in [9.17, 15) is 19.7 Å². The molecule has 0 radical (unpaired) electrons. The smallest absolute Gasteiger partial charge is 0.357 e. The van der Waals surface area contributed by atoms with Crippen molar-refractivity contribution in [3.8, 4) is 0 Å². The van der Waals surface area contributed by atoms with Gasteiger partial charge in [0.15, 0.2) is 4.67 Å². The maximum Gasteiger partial charge on any atom is 0.357 e. The summed E-state index contributed by atoms with van der Waals surface area (Å²) in [5.74, 6) is 0.405. The van der Waals surface area contributed by atoms with E-state index in [1.54, 1.807) is 17.1 Å². The van der Waals surface area contributed by atoms with Gasteiger partial charge in [-0.2, -0.15) is 0 Å². The zero-order valence-electron chi connectivity index (χ0n) is 9.18. The number of H-pyrrole nitrogens is 2. The molecule has 0 saturated carbocycles. The van der Waals surface area contributed by atoms with Gasteiger partial charge < -0.3 is 9.40 Å². The average molecular weight is 328 g/mol. The number of halogens is 1. The number of hydrogen-bond donors (Lipinski definition) is 2. The third kappa shape index (κ3) is 2.88. The topological polar surface area (TPSA) is 122 Å². The SMILES string of the molecule is O=c1[nH]c(C=Cc2ccc(Br)o2)c([N+](=O)[O-])c(=O)[nH]1. The standard InChI is InChI=1S/C10H6BrN3O5/c11-7-4-2-5(19-7)1-3-6-8(14(17)18)9(15)13-10(16)12-6/h1-4H,(H2,12,13,15,16). The Hall–Kier alpha value is -2.42. The second kappa shape index (κ2) is 5.06. The van der Waals surface area contributed by atoms with E-state index in [0.717, 1.165) is 0 Å². The molecular formula is C10H6BrN3O5. The van der Waals surface area contributed by atoms with Crippen LogP contribution in [0.15, 0.2) is 30.8 Å². The van der Waals surface area contributed by atoms with Gasteiger partial charge in [0.1, 0.15) is 11.5 Å². The molecule has 0 aliphatic rings. The Morgan fingerprint density at radius 1 is 1.26 bits per heavy atom. The molecule has 0 spiro atoms. The normalized spacial score (nSPS) is 11.0. The van der Waals surface area contributed by atoms with Crippen molar-refractivity contribution >= 4 is 33.8 Å². The van der Waals surface area contributed by atoms with Crippen LogP contribution in [0.1, 0.15) is 11.5 Å². The molecule has 0 bridgehead atoms. The molecule has 0 unspecified atom stereocenters. The highest BCUT2D eigenvalue weighted by Crippen LogP contribution is 2.17. The second-order valence-electron chi connectivity index (χ2n) is 3.40. The summed E-state index contributed by atoms with van der Waals surface area (Å²) >= 11 is 3.10. The number of hydrogen-bond acceptors (Lipinski definition) is 5. The van der Waals surface area contributed by atoms with Gasteiger partial charge in [0.2, 0.25) is 0 Å². The van der Waals surface area contributed by atoms with E-state index in [-0.39, 0.29) is 5.69 Å². The summed E-state index contributed by atoms with van der Waals surface area (Å²) in [4.78, 5) is 36.3. The van der Waals surface area contributed by atoms with Gasteiger partial charge in [-0.25, -0.2) is 4.79 Å². The fraction of sp³-hybridized carbons (Fsp3) is 0. The molecule has 0 atom stereocenters. The lowest BCUT2D eigenvalue weighted by atomic mass is 10.3. The van der Waals surface area contributed by atoms with Crippen molar-refractivity contribution in [3.63, 3.8) is 0 Å². The Kier molecular flexibility index (Phi) is 3.47. The molecule has 9 heteroatoms. The third-order valence-electron chi connectivity index (χ3n) is 2.14. The molecule has 0 aromatic carbocycles. The van der Waals surface area contributed by atoms with Gasteiger partial charge in [-0.1, -0.05) is 0 Å². The first-order chi connectivity index (χ1) is 8.97. The number of nitrogens with one attached hydrogen (secondary N) is 2. The lowest BCUT2D eigenvalue weighted by molar-refractivity contribution is -0.386. The minimum absolute atomic E-state index is 0.203. The van der Waals surface area contributed by atoms with E-state index >= 15 is 0 Å². The van der Waals surface area contributed by atoms with Gasteiger partial charge in [-0.05, 0) is 40.2 Å². The number of rotatable bonds is 3. The van der Waals surface area contributed by atoms with Gasteiger partial charge in [0, 0.05) is 0 Å². The van der Waals surface area contributed by atoms with Crippen molar-refractivity contribution in [1.82, 2.24) is 9.97 Å². The summed E-state index contributed by atoms with van der Waals surface area (Å²) < 4.78 is 5.64. The Labute approximate surface area is 113 Å². The van der Waals surface area contributed by atoms with Crippen LogP contribution in [0.4, 0.5) is 5.69 Å². The first-order valence-electron chi connectivity index (χ1n) is 4.92. The lowest BCUT2D eigenvalue weighted by Gasteiger charge is -1.95. The fourth-order valence-electron chi connectivity index (χ4n) is 1.38. The Bertz CT molecular complexity index is 770. The molecule has 8 nitrogen and oxygen atoms in total. The molecule has 98 valence electrons. The van der Waals surface area contributed by atoms with Gasteiger partial charge in [-0.15, -0.1) is 0 Å². The number of nitrogens with zero attached hydrogens (tertiary/aromatic N) is 1. The predicted octanol–water partition coefficient (Wildman–Crippen LogP) is 1.50. The van der Waals surface area contributed by atoms with Gasteiger partial charge in [0.05, 0.1) is 4.92 Å². The number of nitro groups is 1. The van der Waals surface area contributed by atoms with Crippen LogP contribution in [0.3, 0.4) is 0 Å². The van der Waals surface area contributed by atoms with Crippen LogP contribution in [-0.4, -0.2) is 14.9 Å². The molecule has 2 heterocycles. The number of aromatic nitrogens is 2. The minimum atomic E-state index is -1.06. The summed E-state index contributed by atoms with van der Waals surface area (Å²) in [6, 6.07) is 3.24. The van der Waals surface area contributed by atoms with Crippen LogP contribution in [0.25, 0.3) is 12.2 Å². The first-order valence-corrected chi connectivity index (χ1v) is 5.71. The monoisotopic (exact) mass is 327 g/mol. The fourth-order valence-corrected chi connectivity index (χ4v) is 1.70. The summed E-state index contributed by atoms with van der Waals surface area (Å²) in [5, 5.41) is 10.8. The number of aromatic amines is 2. The molecule has 0 amide bonds. The highest BCUT2D eigenvalue weighted by molar-refractivity contribution is 9.10. The largest absolute Gasteiger partial charge is 0.450 e. The highest BCUT2D eigenvalue weighted by Gasteiger charge is 2.18. The van der Waals surface area contributed by atoms with Crippen molar-refractivity contribution in [3.05, 3.63) is 59.2 Å². The van der Waals surface area contributed by atoms with Gasteiger partial charge in [-0.3, -0.25) is 19.9 Å². The van der Waals surface area contributed by atoms with Crippen molar-refractivity contribution in [2.75, 3.05) is 0 Å². The van der Waals surface area contributed by atoms with Crippen LogP contribution < -0.4 is 11.2 Å². The Morgan fingerprint density at radius 2 is 2.00 bits per heavy atom. The Morgan fingerprint density at radius 3 is 2.58 bits per heavy atom. The minimum Gasteiger partial charge on any atom is -0.450 e. The van der Waals surface area contributed by atoms with E-state index in [1.165, 1.54) is 12.2 Å². The molecule has 0 aliphatic heterocycles. The first kappa shape index (κ1) is 13.0. The molecule has 2 aromatic rings. The van der Waals surface area contributed by atoms with Crippen LogP contribution in [0, 0.1) is 10.1 Å². The number of furan rings is 1. The van der Waals surface area contributed by atoms with E-state index in [0.29, 0.717) is 10.4 Å². The quantitative estimate of drug-likeness (QED) is 0.653. The molecule has 2 aromatic heterocycles. The van der Waals surface area contributed by atoms with E-state index < -0.39 is 21.9 Å². The van der Waals surface area contributed by atoms with E-state index in [4.69, 9.17) is 4.42 Å². The maximum absolute atomic E-state index is 11.3. The van der Waals surface area contributed by atoms with Crippen LogP contribution in [0.5, 0.6) is 0 Å². The Balaban J connectivity index is 2.50. The predicted molar refractivity (Wildman–Crippen MR) is 69.7 cm³/mol. The van der Waals surface area contributed by atoms with Crippen LogP contribution in [0.2, 0.25) is 0 Å². The molecule has 19 heavy (non-hydrogen) atoms. The second-order valence-corrected chi connectivity index (χ2v) is 4.18. The van der Waals surface area contributed by atoms with Gasteiger partial charge in [0.25, 0.3) is 0 Å². The molecule has 2 rings (SSSR count). The van der Waals surface area contributed by atoms with Crippen molar-refractivity contribution in [2.45, 2.75) is 0 Å². The molecule has 2 N–H and O–H groups in total. The lowest BCUT2D eigenvalue weighted by Crippen LogP contribution is -2.25. The van der Waals surface area contributed by atoms with E-state index in [2.05, 4.69) is 20.9 Å².